The highest BCUT2D eigenvalue weighted by atomic mass is 32.1. The Hall–Kier alpha value is -1.35. The number of aromatic nitrogens is 1. The maximum absolute atomic E-state index is 4.12. The van der Waals surface area contributed by atoms with E-state index in [0.717, 1.165) is 18.4 Å². The second-order valence-electron chi connectivity index (χ2n) is 4.81. The van der Waals surface area contributed by atoms with E-state index < -0.39 is 0 Å². The van der Waals surface area contributed by atoms with Gasteiger partial charge in [-0.15, -0.1) is 0 Å². The van der Waals surface area contributed by atoms with Gasteiger partial charge in [0.15, 0.2) is 0 Å². The minimum absolute atomic E-state index is 0.885. The molecule has 2 nitrogen and oxygen atoms in total. The Bertz CT molecular complexity index is 475. The van der Waals surface area contributed by atoms with Crippen molar-refractivity contribution < 1.29 is 0 Å². The molecule has 1 N–H and O–H groups in total. The summed E-state index contributed by atoms with van der Waals surface area (Å²) in [5.74, 6) is 1.80. The maximum Gasteiger partial charge on any atom is 0.0549 e. The number of anilines is 1. The predicted molar refractivity (Wildman–Crippen MR) is 73.3 cm³/mol. The molecule has 0 aliphatic heterocycles. The van der Waals surface area contributed by atoms with Crippen molar-refractivity contribution in [3.8, 4) is 10.4 Å². The molecule has 3 heteroatoms. The molecular formula is C14H16N2S. The molecule has 0 saturated heterocycles. The Labute approximate surface area is 106 Å². The summed E-state index contributed by atoms with van der Waals surface area (Å²) in [4.78, 5) is 1.23. The van der Waals surface area contributed by atoms with Crippen molar-refractivity contribution in [3.05, 3.63) is 36.5 Å². The summed E-state index contributed by atoms with van der Waals surface area (Å²) in [5.41, 5.74) is 2.47. The first-order chi connectivity index (χ1) is 8.33. The minimum atomic E-state index is 0.885. The molecule has 0 bridgehead atoms. The first kappa shape index (κ1) is 10.8. The number of nitrogens with zero attached hydrogens (tertiary/aromatic N) is 1. The summed E-state index contributed by atoms with van der Waals surface area (Å²) >= 11 is 1.54. The zero-order valence-electron chi connectivity index (χ0n) is 9.89. The van der Waals surface area contributed by atoms with Crippen LogP contribution < -0.4 is 5.32 Å². The van der Waals surface area contributed by atoms with Crippen LogP contribution in [0.2, 0.25) is 0 Å². The van der Waals surface area contributed by atoms with Gasteiger partial charge >= 0.3 is 0 Å². The van der Waals surface area contributed by atoms with Crippen molar-refractivity contribution in [1.82, 2.24) is 4.37 Å². The third kappa shape index (κ3) is 2.50. The fourth-order valence-corrected chi connectivity index (χ4v) is 2.65. The lowest BCUT2D eigenvalue weighted by Gasteiger charge is -2.06. The number of hydrogen-bond acceptors (Lipinski definition) is 3. The van der Waals surface area contributed by atoms with Crippen LogP contribution in [-0.4, -0.2) is 10.9 Å². The maximum atomic E-state index is 4.12. The van der Waals surface area contributed by atoms with Gasteiger partial charge in [-0.05, 0) is 53.6 Å². The largest absolute Gasteiger partial charge is 0.385 e. The van der Waals surface area contributed by atoms with E-state index in [9.17, 15) is 0 Å². The van der Waals surface area contributed by atoms with E-state index in [1.807, 2.05) is 6.20 Å². The molecule has 1 fully saturated rings. The molecule has 3 rings (SSSR count). The SMILES string of the molecule is CC1CC1CNc1ccc(-c2ccns2)cc1. The van der Waals surface area contributed by atoms with E-state index in [4.69, 9.17) is 0 Å². The molecular weight excluding hydrogens is 228 g/mol. The van der Waals surface area contributed by atoms with Crippen LogP contribution in [0.5, 0.6) is 0 Å². The molecule has 88 valence electrons. The second kappa shape index (κ2) is 4.49. The van der Waals surface area contributed by atoms with Gasteiger partial charge in [0.2, 0.25) is 0 Å². The van der Waals surface area contributed by atoms with Gasteiger partial charge < -0.3 is 5.32 Å². The Morgan fingerprint density at radius 2 is 2.06 bits per heavy atom. The topological polar surface area (TPSA) is 24.9 Å². The molecule has 1 saturated carbocycles. The first-order valence-corrected chi connectivity index (χ1v) is 6.85. The summed E-state index contributed by atoms with van der Waals surface area (Å²) in [6.07, 6.45) is 3.23. The van der Waals surface area contributed by atoms with Crippen molar-refractivity contribution in [2.75, 3.05) is 11.9 Å². The van der Waals surface area contributed by atoms with Crippen molar-refractivity contribution in [1.29, 1.82) is 0 Å². The van der Waals surface area contributed by atoms with Gasteiger partial charge in [0.05, 0.1) is 4.88 Å². The number of nitrogens with one attached hydrogen (secondary N) is 1. The summed E-state index contributed by atoms with van der Waals surface area (Å²) < 4.78 is 4.12. The third-order valence-electron chi connectivity index (χ3n) is 3.45. The van der Waals surface area contributed by atoms with E-state index >= 15 is 0 Å². The lowest BCUT2D eigenvalue weighted by Crippen LogP contribution is -2.03. The van der Waals surface area contributed by atoms with Crippen LogP contribution in [0.1, 0.15) is 13.3 Å². The minimum Gasteiger partial charge on any atom is -0.385 e. The molecule has 2 aromatic rings. The third-order valence-corrected chi connectivity index (χ3v) is 4.25. The van der Waals surface area contributed by atoms with Gasteiger partial charge in [0, 0.05) is 18.4 Å². The zero-order chi connectivity index (χ0) is 11.7. The van der Waals surface area contributed by atoms with E-state index in [2.05, 4.69) is 46.9 Å². The Morgan fingerprint density at radius 1 is 1.29 bits per heavy atom. The Balaban J connectivity index is 1.64. The van der Waals surface area contributed by atoms with Crippen LogP contribution in [0.25, 0.3) is 10.4 Å². The predicted octanol–water partition coefficient (Wildman–Crippen LogP) is 3.88. The summed E-state index contributed by atoms with van der Waals surface area (Å²) in [6.45, 7) is 3.43. The number of benzene rings is 1. The lowest BCUT2D eigenvalue weighted by molar-refractivity contribution is 0.787. The number of rotatable bonds is 4. The summed E-state index contributed by atoms with van der Waals surface area (Å²) in [7, 11) is 0. The molecule has 2 unspecified atom stereocenters. The highest BCUT2D eigenvalue weighted by Crippen LogP contribution is 2.37. The van der Waals surface area contributed by atoms with E-state index in [-0.39, 0.29) is 0 Å². The highest BCUT2D eigenvalue weighted by Gasteiger charge is 2.31. The molecule has 1 aliphatic rings. The fourth-order valence-electron chi connectivity index (χ4n) is 2.05. The standard InChI is InChI=1S/C14H16N2S/c1-10-8-12(10)9-15-13-4-2-11(3-5-13)14-6-7-16-17-14/h2-7,10,12,15H,8-9H2,1H3. The zero-order valence-corrected chi connectivity index (χ0v) is 10.7. The van der Waals surface area contributed by atoms with Crippen molar-refractivity contribution in [2.24, 2.45) is 11.8 Å². The smallest absolute Gasteiger partial charge is 0.0549 e. The van der Waals surface area contributed by atoms with Gasteiger partial charge in [-0.1, -0.05) is 19.1 Å². The molecule has 0 radical (unpaired) electrons. The molecule has 1 aliphatic carbocycles. The molecule has 1 aromatic carbocycles. The van der Waals surface area contributed by atoms with Gasteiger partial charge in [-0.2, -0.15) is 0 Å². The Morgan fingerprint density at radius 3 is 2.65 bits per heavy atom. The van der Waals surface area contributed by atoms with Gasteiger partial charge in [0.25, 0.3) is 0 Å². The monoisotopic (exact) mass is 244 g/mol. The number of hydrogen-bond donors (Lipinski definition) is 1. The van der Waals surface area contributed by atoms with Crippen molar-refractivity contribution in [3.63, 3.8) is 0 Å². The molecule has 1 heterocycles. The van der Waals surface area contributed by atoms with Crippen molar-refractivity contribution in [2.45, 2.75) is 13.3 Å². The molecule has 1 aromatic heterocycles. The van der Waals surface area contributed by atoms with E-state index in [1.165, 1.54) is 22.5 Å². The van der Waals surface area contributed by atoms with Gasteiger partial charge in [-0.3, -0.25) is 0 Å². The van der Waals surface area contributed by atoms with Gasteiger partial charge in [0.1, 0.15) is 0 Å². The lowest BCUT2D eigenvalue weighted by atomic mass is 10.2. The molecule has 17 heavy (non-hydrogen) atoms. The van der Waals surface area contributed by atoms with Crippen LogP contribution in [0.15, 0.2) is 36.5 Å². The second-order valence-corrected chi connectivity index (χ2v) is 5.64. The molecule has 2 atom stereocenters. The summed E-state index contributed by atoms with van der Waals surface area (Å²) in [6, 6.07) is 10.7. The van der Waals surface area contributed by atoms with Crippen LogP contribution in [0.3, 0.4) is 0 Å². The average Bonchev–Trinajstić information content (AvgIpc) is 2.83. The normalized spacial score (nSPS) is 22.4. The quantitative estimate of drug-likeness (QED) is 0.883. The summed E-state index contributed by atoms with van der Waals surface area (Å²) in [5, 5.41) is 3.50. The first-order valence-electron chi connectivity index (χ1n) is 6.08. The van der Waals surface area contributed by atoms with Gasteiger partial charge in [-0.25, -0.2) is 4.37 Å². The molecule has 0 spiro atoms. The van der Waals surface area contributed by atoms with Crippen molar-refractivity contribution >= 4 is 17.2 Å². The van der Waals surface area contributed by atoms with Crippen LogP contribution in [0, 0.1) is 11.8 Å². The van der Waals surface area contributed by atoms with E-state index in [1.54, 1.807) is 11.5 Å². The highest BCUT2D eigenvalue weighted by molar-refractivity contribution is 7.09. The Kier molecular flexibility index (Phi) is 2.85. The van der Waals surface area contributed by atoms with E-state index in [0.29, 0.717) is 0 Å². The molecule has 0 amide bonds. The average molecular weight is 244 g/mol. The van der Waals surface area contributed by atoms with Crippen LogP contribution >= 0.6 is 11.5 Å². The van der Waals surface area contributed by atoms with Crippen LogP contribution in [0.4, 0.5) is 5.69 Å². The fraction of sp³-hybridized carbons (Fsp3) is 0.357. The van der Waals surface area contributed by atoms with Crippen LogP contribution in [-0.2, 0) is 0 Å².